The van der Waals surface area contributed by atoms with E-state index in [2.05, 4.69) is 4.72 Å². The van der Waals surface area contributed by atoms with Crippen LogP contribution in [0.5, 0.6) is 0 Å². The fourth-order valence-electron chi connectivity index (χ4n) is 2.17. The van der Waals surface area contributed by atoms with E-state index in [1.54, 1.807) is 0 Å². The summed E-state index contributed by atoms with van der Waals surface area (Å²) in [6, 6.07) is 2.64. The van der Waals surface area contributed by atoms with Crippen LogP contribution in [0.4, 0.5) is 0 Å². The molecule has 5 nitrogen and oxygen atoms in total. The zero-order valence-corrected chi connectivity index (χ0v) is 10.4. The van der Waals surface area contributed by atoms with Gasteiger partial charge >= 0.3 is 0 Å². The molecule has 1 saturated carbocycles. The molecule has 0 radical (unpaired) electrons. The fraction of sp³-hybridized carbons (Fsp3) is 0.545. The summed E-state index contributed by atoms with van der Waals surface area (Å²) in [5, 5.41) is -0.201. The summed E-state index contributed by atoms with van der Waals surface area (Å²) in [6.07, 6.45) is 4.19. The molecule has 0 saturated heterocycles. The molecule has 0 bridgehead atoms. The van der Waals surface area contributed by atoms with Crippen molar-refractivity contribution >= 4 is 16.3 Å². The Bertz CT molecular complexity index is 511. The highest BCUT2D eigenvalue weighted by Crippen LogP contribution is 2.30. The first-order chi connectivity index (χ1) is 7.95. The third-order valence-electron chi connectivity index (χ3n) is 3.07. The van der Waals surface area contributed by atoms with E-state index in [1.165, 1.54) is 12.1 Å². The molecule has 6 heteroatoms. The summed E-state index contributed by atoms with van der Waals surface area (Å²) in [5.41, 5.74) is -0.396. The molecule has 1 aromatic heterocycles. The normalized spacial score (nSPS) is 19.4. The maximum atomic E-state index is 12.0. The van der Waals surface area contributed by atoms with E-state index in [0.717, 1.165) is 25.7 Å². The van der Waals surface area contributed by atoms with Gasteiger partial charge in [-0.3, -0.25) is 4.79 Å². The van der Waals surface area contributed by atoms with Gasteiger partial charge in [0, 0.05) is 5.54 Å². The standard InChI is InChI=1S/C11H15NO4S/c1-11(6-2-3-7-11)12-17(14,15)10-5-4-9(8-13)16-10/h4-5,8,12H,2-3,6-7H2,1H3. The zero-order valence-electron chi connectivity index (χ0n) is 9.60. The zero-order chi connectivity index (χ0) is 12.5. The van der Waals surface area contributed by atoms with Crippen molar-refractivity contribution in [1.82, 2.24) is 4.72 Å². The molecule has 0 aliphatic heterocycles. The van der Waals surface area contributed by atoms with Crippen LogP contribution in [0, 0.1) is 0 Å². The van der Waals surface area contributed by atoms with Crippen LogP contribution in [-0.2, 0) is 10.0 Å². The Labute approximate surface area is 100 Å². The van der Waals surface area contributed by atoms with Crippen LogP contribution in [0.1, 0.15) is 43.2 Å². The van der Waals surface area contributed by atoms with Crippen molar-refractivity contribution in [2.75, 3.05) is 0 Å². The molecule has 17 heavy (non-hydrogen) atoms. The molecule has 0 unspecified atom stereocenters. The monoisotopic (exact) mass is 257 g/mol. The lowest BCUT2D eigenvalue weighted by Crippen LogP contribution is -2.43. The van der Waals surface area contributed by atoms with Crippen LogP contribution < -0.4 is 4.72 Å². The second-order valence-electron chi connectivity index (χ2n) is 4.65. The number of rotatable bonds is 4. The van der Waals surface area contributed by atoms with E-state index in [1.807, 2.05) is 6.92 Å². The fourth-order valence-corrected chi connectivity index (χ4v) is 3.58. The minimum atomic E-state index is -3.67. The quantitative estimate of drug-likeness (QED) is 0.833. The number of nitrogens with one attached hydrogen (secondary N) is 1. The van der Waals surface area contributed by atoms with Crippen molar-refractivity contribution in [3.8, 4) is 0 Å². The predicted octanol–water partition coefficient (Wildman–Crippen LogP) is 1.70. The van der Waals surface area contributed by atoms with Gasteiger partial charge in [-0.25, -0.2) is 13.1 Å². The van der Waals surface area contributed by atoms with E-state index in [0.29, 0.717) is 6.29 Å². The van der Waals surface area contributed by atoms with Crippen LogP contribution in [0.15, 0.2) is 21.6 Å². The molecular weight excluding hydrogens is 242 g/mol. The first kappa shape index (κ1) is 12.3. The van der Waals surface area contributed by atoms with Crippen LogP contribution in [0.25, 0.3) is 0 Å². The Morgan fingerprint density at radius 2 is 2.00 bits per heavy atom. The molecule has 2 rings (SSSR count). The van der Waals surface area contributed by atoms with E-state index < -0.39 is 15.6 Å². The van der Waals surface area contributed by atoms with Crippen molar-refractivity contribution in [2.24, 2.45) is 0 Å². The van der Waals surface area contributed by atoms with Gasteiger partial charge in [0.05, 0.1) is 0 Å². The van der Waals surface area contributed by atoms with Gasteiger partial charge in [-0.2, -0.15) is 0 Å². The Balaban J connectivity index is 2.21. The summed E-state index contributed by atoms with van der Waals surface area (Å²) in [4.78, 5) is 10.4. The molecule has 1 aliphatic rings. The topological polar surface area (TPSA) is 76.4 Å². The van der Waals surface area contributed by atoms with Gasteiger partial charge in [0.2, 0.25) is 5.09 Å². The SMILES string of the molecule is CC1(NS(=O)(=O)c2ccc(C=O)o2)CCCC1. The highest BCUT2D eigenvalue weighted by molar-refractivity contribution is 7.89. The minimum absolute atomic E-state index is 0.0157. The summed E-state index contributed by atoms with van der Waals surface area (Å²) in [6.45, 7) is 1.89. The van der Waals surface area contributed by atoms with Crippen molar-refractivity contribution < 1.29 is 17.6 Å². The van der Waals surface area contributed by atoms with Gasteiger partial charge in [-0.1, -0.05) is 12.8 Å². The summed E-state index contributed by atoms with van der Waals surface area (Å²) in [5.74, 6) is 0.0157. The molecular formula is C11H15NO4S. The minimum Gasteiger partial charge on any atom is -0.440 e. The van der Waals surface area contributed by atoms with Gasteiger partial charge in [0.25, 0.3) is 10.0 Å². The van der Waals surface area contributed by atoms with Crippen LogP contribution in [0.2, 0.25) is 0 Å². The first-order valence-electron chi connectivity index (χ1n) is 5.54. The van der Waals surface area contributed by atoms with Crippen molar-refractivity contribution in [3.05, 3.63) is 17.9 Å². The van der Waals surface area contributed by atoms with Crippen molar-refractivity contribution in [3.63, 3.8) is 0 Å². The molecule has 1 N–H and O–H groups in total. The van der Waals surface area contributed by atoms with Crippen LogP contribution >= 0.6 is 0 Å². The maximum absolute atomic E-state index is 12.0. The maximum Gasteiger partial charge on any atom is 0.274 e. The van der Waals surface area contributed by atoms with Crippen LogP contribution in [-0.4, -0.2) is 20.2 Å². The highest BCUT2D eigenvalue weighted by atomic mass is 32.2. The van der Waals surface area contributed by atoms with Gasteiger partial charge in [-0.15, -0.1) is 0 Å². The molecule has 1 heterocycles. The largest absolute Gasteiger partial charge is 0.440 e. The van der Waals surface area contributed by atoms with E-state index in [4.69, 9.17) is 4.42 Å². The molecule has 94 valence electrons. The third kappa shape index (κ3) is 2.58. The molecule has 0 amide bonds. The average molecular weight is 257 g/mol. The lowest BCUT2D eigenvalue weighted by molar-refractivity contribution is 0.109. The molecule has 1 aromatic rings. The highest BCUT2D eigenvalue weighted by Gasteiger charge is 2.34. The van der Waals surface area contributed by atoms with Crippen molar-refractivity contribution in [2.45, 2.75) is 43.2 Å². The van der Waals surface area contributed by atoms with E-state index in [-0.39, 0.29) is 10.9 Å². The average Bonchev–Trinajstić information content (AvgIpc) is 2.85. The number of hydrogen-bond acceptors (Lipinski definition) is 4. The second-order valence-corrected chi connectivity index (χ2v) is 6.26. The predicted molar refractivity (Wildman–Crippen MR) is 61.3 cm³/mol. The molecule has 1 aliphatic carbocycles. The number of carbonyl (C=O) groups excluding carboxylic acids is 1. The number of carbonyl (C=O) groups is 1. The van der Waals surface area contributed by atoms with Crippen molar-refractivity contribution in [1.29, 1.82) is 0 Å². The number of hydrogen-bond donors (Lipinski definition) is 1. The summed E-state index contributed by atoms with van der Waals surface area (Å²) >= 11 is 0. The van der Waals surface area contributed by atoms with Gasteiger partial charge < -0.3 is 4.42 Å². The van der Waals surface area contributed by atoms with Gasteiger partial charge in [0.1, 0.15) is 0 Å². The Morgan fingerprint density at radius 3 is 2.53 bits per heavy atom. The molecule has 0 aromatic carbocycles. The second kappa shape index (κ2) is 4.27. The molecule has 0 spiro atoms. The van der Waals surface area contributed by atoms with Gasteiger partial charge in [-0.05, 0) is 31.9 Å². The number of aldehydes is 1. The molecule has 0 atom stereocenters. The lowest BCUT2D eigenvalue weighted by Gasteiger charge is -2.23. The number of sulfonamides is 1. The van der Waals surface area contributed by atoms with E-state index in [9.17, 15) is 13.2 Å². The lowest BCUT2D eigenvalue weighted by atomic mass is 10.0. The summed E-state index contributed by atoms with van der Waals surface area (Å²) in [7, 11) is -3.67. The Hall–Kier alpha value is -1.14. The smallest absolute Gasteiger partial charge is 0.274 e. The number of furan rings is 1. The Kier molecular flexibility index (Phi) is 3.09. The Morgan fingerprint density at radius 1 is 1.35 bits per heavy atom. The van der Waals surface area contributed by atoms with Crippen LogP contribution in [0.3, 0.4) is 0 Å². The summed E-state index contributed by atoms with van der Waals surface area (Å²) < 4.78 is 31.6. The van der Waals surface area contributed by atoms with E-state index >= 15 is 0 Å². The third-order valence-corrected chi connectivity index (χ3v) is 4.58. The first-order valence-corrected chi connectivity index (χ1v) is 7.03. The molecule has 1 fully saturated rings. The van der Waals surface area contributed by atoms with Gasteiger partial charge in [0.15, 0.2) is 12.0 Å².